The highest BCUT2D eigenvalue weighted by Gasteiger charge is 2.31. The van der Waals surface area contributed by atoms with Crippen LogP contribution < -0.4 is 5.32 Å². The van der Waals surface area contributed by atoms with Gasteiger partial charge in [-0.3, -0.25) is 9.59 Å². The summed E-state index contributed by atoms with van der Waals surface area (Å²) in [7, 11) is 0. The van der Waals surface area contributed by atoms with Crippen LogP contribution in [0.15, 0.2) is 22.9 Å². The van der Waals surface area contributed by atoms with E-state index in [4.69, 9.17) is 9.47 Å². The van der Waals surface area contributed by atoms with Gasteiger partial charge in [0.1, 0.15) is 0 Å². The maximum absolute atomic E-state index is 12.6. The van der Waals surface area contributed by atoms with Crippen molar-refractivity contribution in [3.63, 3.8) is 0 Å². The van der Waals surface area contributed by atoms with Gasteiger partial charge in [-0.05, 0) is 24.3 Å². The number of anilines is 1. The molecular formula is C19H23N3O4S2. The molecule has 0 aromatic carbocycles. The molecular weight excluding hydrogens is 398 g/mol. The number of thiazole rings is 1. The van der Waals surface area contributed by atoms with Crippen molar-refractivity contribution in [2.75, 3.05) is 31.6 Å². The Labute approximate surface area is 171 Å². The molecule has 0 unspecified atom stereocenters. The first-order valence-corrected chi connectivity index (χ1v) is 11.2. The number of hydrogen-bond donors (Lipinski definition) is 1. The number of nitrogens with one attached hydrogen (secondary N) is 1. The molecule has 0 saturated carbocycles. The zero-order chi connectivity index (χ0) is 19.3. The minimum absolute atomic E-state index is 0.0773. The third-order valence-corrected chi connectivity index (χ3v) is 6.65. The lowest BCUT2D eigenvalue weighted by atomic mass is 9.96. The predicted molar refractivity (Wildman–Crippen MR) is 107 cm³/mol. The summed E-state index contributed by atoms with van der Waals surface area (Å²) in [6, 6.07) is 3.86. The second-order valence-corrected chi connectivity index (χ2v) is 8.84. The van der Waals surface area contributed by atoms with Gasteiger partial charge >= 0.3 is 0 Å². The second kappa shape index (κ2) is 9.13. The number of carbonyl (C=O) groups excluding carboxylic acids is 2. The van der Waals surface area contributed by atoms with E-state index >= 15 is 0 Å². The van der Waals surface area contributed by atoms with Crippen LogP contribution in [0.5, 0.6) is 0 Å². The SMILES string of the molecule is O=C(Cc1cccs1)Nc1nc(CC(=O)N2CCC(C3OCCO3)CC2)cs1. The summed E-state index contributed by atoms with van der Waals surface area (Å²) in [4.78, 5) is 31.9. The Hall–Kier alpha value is -1.81. The minimum atomic E-state index is -0.101. The van der Waals surface area contributed by atoms with Crippen molar-refractivity contribution < 1.29 is 19.1 Å². The predicted octanol–water partition coefficient (Wildman–Crippen LogP) is 2.54. The molecule has 4 rings (SSSR count). The Kier molecular flexibility index (Phi) is 6.36. The number of likely N-dealkylation sites (tertiary alicyclic amines) is 1. The van der Waals surface area contributed by atoms with Crippen molar-refractivity contribution in [2.45, 2.75) is 32.0 Å². The van der Waals surface area contributed by atoms with Crippen LogP contribution in [0.2, 0.25) is 0 Å². The summed E-state index contributed by atoms with van der Waals surface area (Å²) >= 11 is 2.91. The van der Waals surface area contributed by atoms with Crippen LogP contribution in [0.1, 0.15) is 23.4 Å². The number of piperidine rings is 1. The molecule has 2 aliphatic rings. The van der Waals surface area contributed by atoms with Crippen molar-refractivity contribution in [3.8, 4) is 0 Å². The number of aromatic nitrogens is 1. The first-order valence-electron chi connectivity index (χ1n) is 9.45. The molecule has 2 aromatic rings. The Morgan fingerprint density at radius 2 is 1.96 bits per heavy atom. The molecule has 150 valence electrons. The van der Waals surface area contributed by atoms with E-state index in [1.54, 1.807) is 11.3 Å². The van der Waals surface area contributed by atoms with Gasteiger partial charge in [-0.15, -0.1) is 22.7 Å². The Balaban J connectivity index is 1.23. The quantitative estimate of drug-likeness (QED) is 0.775. The summed E-state index contributed by atoms with van der Waals surface area (Å²) in [5.74, 6) is 0.359. The van der Waals surface area contributed by atoms with E-state index < -0.39 is 0 Å². The van der Waals surface area contributed by atoms with Crippen LogP contribution >= 0.6 is 22.7 Å². The monoisotopic (exact) mass is 421 g/mol. The first-order chi connectivity index (χ1) is 13.7. The summed E-state index contributed by atoms with van der Waals surface area (Å²) in [6.07, 6.45) is 2.30. The van der Waals surface area contributed by atoms with Gasteiger partial charge in [0.15, 0.2) is 11.4 Å². The Morgan fingerprint density at radius 1 is 1.18 bits per heavy atom. The van der Waals surface area contributed by atoms with Gasteiger partial charge in [0, 0.05) is 29.3 Å². The first kappa shape index (κ1) is 19.5. The van der Waals surface area contributed by atoms with Crippen LogP contribution in [0.25, 0.3) is 0 Å². The zero-order valence-corrected chi connectivity index (χ0v) is 17.1. The molecule has 2 saturated heterocycles. The number of nitrogens with zero attached hydrogens (tertiary/aromatic N) is 2. The molecule has 0 atom stereocenters. The normalized spacial score (nSPS) is 18.5. The fourth-order valence-corrected chi connectivity index (χ4v) is 4.95. The van der Waals surface area contributed by atoms with Crippen molar-refractivity contribution in [1.82, 2.24) is 9.88 Å². The molecule has 4 heterocycles. The number of thiophene rings is 1. The van der Waals surface area contributed by atoms with E-state index in [1.165, 1.54) is 11.3 Å². The molecule has 2 fully saturated rings. The Bertz CT molecular complexity index is 794. The van der Waals surface area contributed by atoms with Crippen molar-refractivity contribution in [2.24, 2.45) is 5.92 Å². The van der Waals surface area contributed by atoms with Gasteiger partial charge in [-0.1, -0.05) is 6.07 Å². The van der Waals surface area contributed by atoms with Crippen LogP contribution in [0.4, 0.5) is 5.13 Å². The molecule has 0 spiro atoms. The number of carbonyl (C=O) groups is 2. The highest BCUT2D eigenvalue weighted by atomic mass is 32.1. The molecule has 2 aliphatic heterocycles. The summed E-state index contributed by atoms with van der Waals surface area (Å²) in [6.45, 7) is 2.78. The molecule has 9 heteroatoms. The van der Waals surface area contributed by atoms with E-state index in [-0.39, 0.29) is 24.5 Å². The van der Waals surface area contributed by atoms with Crippen LogP contribution in [-0.4, -0.2) is 54.3 Å². The molecule has 0 bridgehead atoms. The van der Waals surface area contributed by atoms with Gasteiger partial charge in [0.25, 0.3) is 0 Å². The van der Waals surface area contributed by atoms with E-state index in [1.807, 2.05) is 27.8 Å². The summed E-state index contributed by atoms with van der Waals surface area (Å²) in [5.41, 5.74) is 0.700. The topological polar surface area (TPSA) is 80.8 Å². The number of rotatable bonds is 6. The summed E-state index contributed by atoms with van der Waals surface area (Å²) in [5, 5.41) is 7.14. The molecule has 2 amide bonds. The lowest BCUT2D eigenvalue weighted by Gasteiger charge is -2.33. The second-order valence-electron chi connectivity index (χ2n) is 6.95. The average molecular weight is 422 g/mol. The van der Waals surface area contributed by atoms with Gasteiger partial charge < -0.3 is 19.7 Å². The maximum atomic E-state index is 12.6. The third kappa shape index (κ3) is 4.96. The lowest BCUT2D eigenvalue weighted by molar-refractivity contribution is -0.136. The van der Waals surface area contributed by atoms with Crippen molar-refractivity contribution in [3.05, 3.63) is 33.5 Å². The molecule has 1 N–H and O–H groups in total. The van der Waals surface area contributed by atoms with Gasteiger partial charge in [-0.2, -0.15) is 0 Å². The van der Waals surface area contributed by atoms with Crippen LogP contribution in [0.3, 0.4) is 0 Å². The van der Waals surface area contributed by atoms with E-state index in [9.17, 15) is 9.59 Å². The molecule has 2 aromatic heterocycles. The average Bonchev–Trinajstić information content (AvgIpc) is 3.45. The number of ether oxygens (including phenoxy) is 2. The smallest absolute Gasteiger partial charge is 0.231 e. The minimum Gasteiger partial charge on any atom is -0.350 e. The molecule has 0 radical (unpaired) electrons. The summed E-state index contributed by atoms with van der Waals surface area (Å²) < 4.78 is 11.2. The largest absolute Gasteiger partial charge is 0.350 e. The molecule has 28 heavy (non-hydrogen) atoms. The van der Waals surface area contributed by atoms with E-state index in [0.717, 1.165) is 30.8 Å². The number of hydrogen-bond acceptors (Lipinski definition) is 7. The van der Waals surface area contributed by atoms with Gasteiger partial charge in [-0.25, -0.2) is 4.98 Å². The van der Waals surface area contributed by atoms with Crippen LogP contribution in [-0.2, 0) is 31.9 Å². The highest BCUT2D eigenvalue weighted by Crippen LogP contribution is 2.26. The maximum Gasteiger partial charge on any atom is 0.231 e. The lowest BCUT2D eigenvalue weighted by Crippen LogP contribution is -2.42. The molecule has 0 aliphatic carbocycles. The third-order valence-electron chi connectivity index (χ3n) is 4.97. The fourth-order valence-electron chi connectivity index (χ4n) is 3.52. The van der Waals surface area contributed by atoms with Crippen LogP contribution in [0, 0.1) is 5.92 Å². The number of amides is 2. The van der Waals surface area contributed by atoms with Gasteiger partial charge in [0.05, 0.1) is 31.7 Å². The standard InChI is InChI=1S/C19H23N3O4S2/c23-16(11-15-2-1-9-27-15)21-19-20-14(12-28-19)10-17(24)22-5-3-13(4-6-22)18-25-7-8-26-18/h1-2,9,12-13,18H,3-8,10-11H2,(H,20,21,23). The van der Waals surface area contributed by atoms with Crippen molar-refractivity contribution in [1.29, 1.82) is 0 Å². The molecule has 7 nitrogen and oxygen atoms in total. The fraction of sp³-hybridized carbons (Fsp3) is 0.526. The highest BCUT2D eigenvalue weighted by molar-refractivity contribution is 7.14. The van der Waals surface area contributed by atoms with Crippen molar-refractivity contribution >= 4 is 39.6 Å². The van der Waals surface area contributed by atoms with E-state index in [2.05, 4.69) is 10.3 Å². The van der Waals surface area contributed by atoms with Gasteiger partial charge in [0.2, 0.25) is 11.8 Å². The van der Waals surface area contributed by atoms with E-state index in [0.29, 0.717) is 36.4 Å². The zero-order valence-electron chi connectivity index (χ0n) is 15.5. The Morgan fingerprint density at radius 3 is 2.68 bits per heavy atom.